The topological polar surface area (TPSA) is 110 Å². The van der Waals surface area contributed by atoms with Gasteiger partial charge in [0.05, 0.1) is 13.2 Å². The van der Waals surface area contributed by atoms with Crippen LogP contribution in [0.2, 0.25) is 0 Å². The molecular formula is C11H18N2O6S. The first kappa shape index (κ1) is 16.6. The molecule has 1 heterocycles. The number of esters is 1. The monoisotopic (exact) mass is 306 g/mol. The summed E-state index contributed by atoms with van der Waals surface area (Å²) in [5.41, 5.74) is 0.0992. The molecule has 0 atom stereocenters. The van der Waals surface area contributed by atoms with Crippen LogP contribution in [0.4, 0.5) is 0 Å². The van der Waals surface area contributed by atoms with E-state index in [4.69, 9.17) is 19.3 Å². The first-order chi connectivity index (χ1) is 9.40. The van der Waals surface area contributed by atoms with E-state index < -0.39 is 16.0 Å². The van der Waals surface area contributed by atoms with Gasteiger partial charge in [-0.25, -0.2) is 18.4 Å². The SMILES string of the molecule is COCCOC(=O)c1cc(S(N)(=O)=O)cn1CCOC. The van der Waals surface area contributed by atoms with Crippen molar-refractivity contribution in [3.63, 3.8) is 0 Å². The molecular weight excluding hydrogens is 288 g/mol. The number of methoxy groups -OCH3 is 2. The molecule has 0 aliphatic heterocycles. The second-order valence-electron chi connectivity index (χ2n) is 3.92. The zero-order valence-corrected chi connectivity index (χ0v) is 12.2. The zero-order valence-electron chi connectivity index (χ0n) is 11.4. The van der Waals surface area contributed by atoms with E-state index in [-0.39, 0.29) is 23.8 Å². The van der Waals surface area contributed by atoms with Crippen LogP contribution in [0.15, 0.2) is 17.2 Å². The summed E-state index contributed by atoms with van der Waals surface area (Å²) in [5.74, 6) is -0.645. The van der Waals surface area contributed by atoms with Crippen LogP contribution in [0.3, 0.4) is 0 Å². The first-order valence-corrected chi connectivity index (χ1v) is 7.32. The van der Waals surface area contributed by atoms with Crippen LogP contribution in [0.1, 0.15) is 10.5 Å². The van der Waals surface area contributed by atoms with Gasteiger partial charge in [-0.1, -0.05) is 0 Å². The molecule has 1 aromatic heterocycles. The molecule has 1 aromatic rings. The highest BCUT2D eigenvalue weighted by atomic mass is 32.2. The Balaban J connectivity index is 2.96. The molecule has 0 aromatic carbocycles. The van der Waals surface area contributed by atoms with Crippen molar-refractivity contribution in [1.82, 2.24) is 4.57 Å². The van der Waals surface area contributed by atoms with Crippen LogP contribution >= 0.6 is 0 Å². The third-order valence-corrected chi connectivity index (χ3v) is 3.35. The van der Waals surface area contributed by atoms with E-state index in [1.165, 1.54) is 31.0 Å². The van der Waals surface area contributed by atoms with Gasteiger partial charge in [-0.15, -0.1) is 0 Å². The standard InChI is InChI=1S/C11H18N2O6S/c1-17-4-3-13-8-9(20(12,15)16)7-10(13)11(14)19-6-5-18-2/h7-8H,3-6H2,1-2H3,(H2,12,15,16). The highest BCUT2D eigenvalue weighted by Crippen LogP contribution is 2.14. The number of primary sulfonamides is 1. The van der Waals surface area contributed by atoms with Crippen molar-refractivity contribution in [3.8, 4) is 0 Å². The maximum absolute atomic E-state index is 11.9. The molecule has 0 spiro atoms. The summed E-state index contributed by atoms with van der Waals surface area (Å²) < 4.78 is 38.7. The molecule has 0 amide bonds. The van der Waals surface area contributed by atoms with E-state index in [0.29, 0.717) is 13.2 Å². The molecule has 114 valence electrons. The molecule has 0 aliphatic carbocycles. The number of hydrogen-bond acceptors (Lipinski definition) is 6. The molecule has 2 N–H and O–H groups in total. The van der Waals surface area contributed by atoms with Crippen molar-refractivity contribution in [1.29, 1.82) is 0 Å². The third-order valence-electron chi connectivity index (χ3n) is 2.47. The van der Waals surface area contributed by atoms with Crippen LogP contribution in [-0.4, -0.2) is 53.0 Å². The molecule has 0 radical (unpaired) electrons. The Hall–Kier alpha value is -1.42. The maximum Gasteiger partial charge on any atom is 0.355 e. The van der Waals surface area contributed by atoms with Crippen molar-refractivity contribution in [2.75, 3.05) is 34.0 Å². The van der Waals surface area contributed by atoms with Crippen LogP contribution in [0, 0.1) is 0 Å². The molecule has 1 rings (SSSR count). The highest BCUT2D eigenvalue weighted by molar-refractivity contribution is 7.89. The number of nitrogens with zero attached hydrogens (tertiary/aromatic N) is 1. The summed E-state index contributed by atoms with van der Waals surface area (Å²) in [4.78, 5) is 11.7. The van der Waals surface area contributed by atoms with Crippen molar-refractivity contribution in [2.24, 2.45) is 5.14 Å². The minimum absolute atomic E-state index is 0.0789. The van der Waals surface area contributed by atoms with Gasteiger partial charge in [0, 0.05) is 27.0 Å². The zero-order chi connectivity index (χ0) is 15.2. The van der Waals surface area contributed by atoms with Gasteiger partial charge in [0.1, 0.15) is 17.2 Å². The van der Waals surface area contributed by atoms with Gasteiger partial charge in [-0.3, -0.25) is 0 Å². The number of nitrogens with two attached hydrogens (primary N) is 1. The quantitative estimate of drug-likeness (QED) is 0.516. The first-order valence-electron chi connectivity index (χ1n) is 5.78. The predicted molar refractivity (Wildman–Crippen MR) is 69.8 cm³/mol. The predicted octanol–water partition coefficient (Wildman–Crippen LogP) is -0.415. The van der Waals surface area contributed by atoms with Crippen molar-refractivity contribution in [2.45, 2.75) is 11.4 Å². The molecule has 0 bridgehead atoms. The lowest BCUT2D eigenvalue weighted by atomic mass is 10.4. The number of ether oxygens (including phenoxy) is 3. The number of carbonyl (C=O) groups excluding carboxylic acids is 1. The van der Waals surface area contributed by atoms with Crippen molar-refractivity contribution in [3.05, 3.63) is 18.0 Å². The van der Waals surface area contributed by atoms with E-state index in [2.05, 4.69) is 0 Å². The summed E-state index contributed by atoms with van der Waals surface area (Å²) in [6.07, 6.45) is 1.28. The van der Waals surface area contributed by atoms with Gasteiger partial charge >= 0.3 is 5.97 Å². The lowest BCUT2D eigenvalue weighted by Crippen LogP contribution is -2.15. The van der Waals surface area contributed by atoms with Crippen LogP contribution < -0.4 is 5.14 Å². The average Bonchev–Trinajstić information content (AvgIpc) is 2.80. The fourth-order valence-electron chi connectivity index (χ4n) is 1.48. The van der Waals surface area contributed by atoms with Gasteiger partial charge in [-0.2, -0.15) is 0 Å². The number of hydrogen-bond donors (Lipinski definition) is 1. The lowest BCUT2D eigenvalue weighted by molar-refractivity contribution is 0.0374. The van der Waals surface area contributed by atoms with Gasteiger partial charge in [0.15, 0.2) is 0 Å². The Morgan fingerprint density at radius 2 is 1.90 bits per heavy atom. The van der Waals surface area contributed by atoms with Gasteiger partial charge < -0.3 is 18.8 Å². The van der Waals surface area contributed by atoms with E-state index in [1.807, 2.05) is 0 Å². The number of sulfonamides is 1. The molecule has 0 unspecified atom stereocenters. The van der Waals surface area contributed by atoms with Crippen LogP contribution in [-0.2, 0) is 30.8 Å². The second kappa shape index (κ2) is 7.39. The Bertz CT molecular complexity index is 551. The van der Waals surface area contributed by atoms with Gasteiger partial charge in [-0.05, 0) is 6.07 Å². The van der Waals surface area contributed by atoms with Gasteiger partial charge in [0.2, 0.25) is 10.0 Å². The summed E-state index contributed by atoms with van der Waals surface area (Å²) in [6.45, 7) is 0.958. The molecule has 9 heteroatoms. The van der Waals surface area contributed by atoms with E-state index in [9.17, 15) is 13.2 Å². The summed E-state index contributed by atoms with van der Waals surface area (Å²) >= 11 is 0. The molecule has 0 fully saturated rings. The fourth-order valence-corrected chi connectivity index (χ4v) is 2.03. The van der Waals surface area contributed by atoms with Crippen LogP contribution in [0.25, 0.3) is 0 Å². The van der Waals surface area contributed by atoms with Crippen LogP contribution in [0.5, 0.6) is 0 Å². The minimum atomic E-state index is -3.88. The molecule has 20 heavy (non-hydrogen) atoms. The second-order valence-corrected chi connectivity index (χ2v) is 5.48. The Morgan fingerprint density at radius 3 is 2.45 bits per heavy atom. The van der Waals surface area contributed by atoms with E-state index in [0.717, 1.165) is 0 Å². The normalized spacial score (nSPS) is 11.6. The maximum atomic E-state index is 11.9. The lowest BCUT2D eigenvalue weighted by Gasteiger charge is -2.08. The average molecular weight is 306 g/mol. The molecule has 0 aliphatic rings. The number of rotatable bonds is 8. The molecule has 0 saturated heterocycles. The largest absolute Gasteiger partial charge is 0.459 e. The third kappa shape index (κ3) is 4.60. The molecule has 0 saturated carbocycles. The van der Waals surface area contributed by atoms with E-state index >= 15 is 0 Å². The number of aromatic nitrogens is 1. The summed E-state index contributed by atoms with van der Waals surface area (Å²) in [6, 6.07) is 1.18. The fraction of sp³-hybridized carbons (Fsp3) is 0.545. The van der Waals surface area contributed by atoms with Crippen molar-refractivity contribution >= 4 is 16.0 Å². The van der Waals surface area contributed by atoms with Gasteiger partial charge in [0.25, 0.3) is 0 Å². The Morgan fingerprint density at radius 1 is 1.25 bits per heavy atom. The van der Waals surface area contributed by atoms with Crippen molar-refractivity contribution < 1.29 is 27.4 Å². The summed E-state index contributed by atoms with van der Waals surface area (Å²) in [7, 11) is -0.901. The minimum Gasteiger partial charge on any atom is -0.459 e. The highest BCUT2D eigenvalue weighted by Gasteiger charge is 2.19. The molecule has 8 nitrogen and oxygen atoms in total. The Kier molecular flexibility index (Phi) is 6.14. The smallest absolute Gasteiger partial charge is 0.355 e. The van der Waals surface area contributed by atoms with E-state index in [1.54, 1.807) is 0 Å². The summed E-state index contributed by atoms with van der Waals surface area (Å²) in [5, 5.41) is 5.04. The number of carbonyl (C=O) groups is 1. The Labute approximate surface area is 117 Å².